The van der Waals surface area contributed by atoms with Crippen molar-refractivity contribution in [3.8, 4) is 5.75 Å². The minimum Gasteiger partial charge on any atom is -0.508 e. The van der Waals surface area contributed by atoms with Crippen molar-refractivity contribution >= 4 is 21.6 Å². The molecule has 0 aromatic heterocycles. The molecule has 4 rings (SSSR count). The molecule has 142 valence electrons. The Hall–Kier alpha value is -2.38. The van der Waals surface area contributed by atoms with E-state index in [1.807, 2.05) is 6.92 Å². The molecule has 7 heteroatoms. The summed E-state index contributed by atoms with van der Waals surface area (Å²) in [7, 11) is -4.09. The van der Waals surface area contributed by atoms with Crippen molar-refractivity contribution < 1.29 is 23.1 Å². The fourth-order valence-electron chi connectivity index (χ4n) is 3.84. The van der Waals surface area contributed by atoms with Gasteiger partial charge >= 0.3 is 0 Å². The van der Waals surface area contributed by atoms with Gasteiger partial charge in [0, 0.05) is 0 Å². The number of sulfonamides is 1. The zero-order valence-corrected chi connectivity index (χ0v) is 15.7. The zero-order valence-electron chi connectivity index (χ0n) is 14.9. The van der Waals surface area contributed by atoms with Crippen LogP contribution in [0.5, 0.6) is 5.75 Å². The van der Waals surface area contributed by atoms with Crippen molar-refractivity contribution in [3.05, 3.63) is 54.1 Å². The standard InChI is InChI=1S/C20H21NO5S/c1-13-2-9-17(10-3-13)27(24,25)21(14-4-6-15(22)7-5-14)20(23)18-12-16-8-11-19(18)26-16/h2-7,9-10,16,18-19,22H,8,11-12H2,1H3. The molecular weight excluding hydrogens is 366 g/mol. The molecule has 2 heterocycles. The van der Waals surface area contributed by atoms with Crippen molar-refractivity contribution in [2.45, 2.75) is 43.3 Å². The molecule has 1 amide bonds. The highest BCUT2D eigenvalue weighted by atomic mass is 32.2. The lowest BCUT2D eigenvalue weighted by atomic mass is 9.88. The molecule has 1 N–H and O–H groups in total. The predicted octanol–water partition coefficient (Wildman–Crippen LogP) is 2.99. The number of carbonyl (C=O) groups excluding carboxylic acids is 1. The van der Waals surface area contributed by atoms with E-state index in [4.69, 9.17) is 4.74 Å². The van der Waals surface area contributed by atoms with Crippen LogP contribution in [0.1, 0.15) is 24.8 Å². The van der Waals surface area contributed by atoms with Gasteiger partial charge in [0.25, 0.3) is 10.0 Å². The number of fused-ring (bicyclic) bond motifs is 2. The molecule has 6 nitrogen and oxygen atoms in total. The molecule has 27 heavy (non-hydrogen) atoms. The molecular formula is C20H21NO5S. The van der Waals surface area contributed by atoms with Gasteiger partial charge in [-0.25, -0.2) is 12.7 Å². The number of hydrogen-bond donors (Lipinski definition) is 1. The number of phenolic OH excluding ortho intramolecular Hbond substituents is 1. The number of aromatic hydroxyl groups is 1. The summed E-state index contributed by atoms with van der Waals surface area (Å²) < 4.78 is 33.3. The Bertz CT molecular complexity index is 953. The number of anilines is 1. The van der Waals surface area contributed by atoms with E-state index in [-0.39, 0.29) is 28.5 Å². The van der Waals surface area contributed by atoms with Gasteiger partial charge in [-0.15, -0.1) is 0 Å². The maximum Gasteiger partial charge on any atom is 0.270 e. The Morgan fingerprint density at radius 3 is 2.30 bits per heavy atom. The maximum absolute atomic E-state index is 13.3. The Balaban J connectivity index is 1.77. The molecule has 2 aliphatic heterocycles. The molecule has 0 radical (unpaired) electrons. The van der Waals surface area contributed by atoms with E-state index in [0.717, 1.165) is 22.7 Å². The third-order valence-electron chi connectivity index (χ3n) is 5.27. The van der Waals surface area contributed by atoms with Gasteiger partial charge in [-0.2, -0.15) is 0 Å². The van der Waals surface area contributed by atoms with E-state index in [0.29, 0.717) is 6.42 Å². The summed E-state index contributed by atoms with van der Waals surface area (Å²) in [4.78, 5) is 13.4. The molecule has 0 aliphatic carbocycles. The fourth-order valence-corrected chi connectivity index (χ4v) is 5.30. The highest BCUT2D eigenvalue weighted by molar-refractivity contribution is 7.93. The normalized spacial score (nSPS) is 24.1. The predicted molar refractivity (Wildman–Crippen MR) is 100.0 cm³/mol. The van der Waals surface area contributed by atoms with Gasteiger partial charge in [0.15, 0.2) is 0 Å². The van der Waals surface area contributed by atoms with Crippen molar-refractivity contribution in [1.82, 2.24) is 0 Å². The van der Waals surface area contributed by atoms with Gasteiger partial charge in [-0.3, -0.25) is 4.79 Å². The van der Waals surface area contributed by atoms with Crippen LogP contribution in [0.4, 0.5) is 5.69 Å². The Labute approximate surface area is 158 Å². The number of benzene rings is 2. The van der Waals surface area contributed by atoms with Crippen LogP contribution in [0, 0.1) is 12.8 Å². The van der Waals surface area contributed by atoms with Gasteiger partial charge in [0.2, 0.25) is 5.91 Å². The van der Waals surface area contributed by atoms with Gasteiger partial charge < -0.3 is 9.84 Å². The lowest BCUT2D eigenvalue weighted by Gasteiger charge is -2.28. The van der Waals surface area contributed by atoms with Gasteiger partial charge in [0.1, 0.15) is 5.75 Å². The molecule has 2 fully saturated rings. The molecule has 2 saturated heterocycles. The highest BCUT2D eigenvalue weighted by Crippen LogP contribution is 2.41. The van der Waals surface area contributed by atoms with E-state index in [2.05, 4.69) is 0 Å². The summed E-state index contributed by atoms with van der Waals surface area (Å²) in [6.07, 6.45) is 2.04. The Kier molecular flexibility index (Phi) is 4.44. The van der Waals surface area contributed by atoms with Crippen LogP contribution in [0.25, 0.3) is 0 Å². The summed E-state index contributed by atoms with van der Waals surface area (Å²) in [5, 5.41) is 9.55. The second-order valence-electron chi connectivity index (χ2n) is 7.15. The third-order valence-corrected chi connectivity index (χ3v) is 7.01. The second kappa shape index (κ2) is 6.65. The molecule has 2 bridgehead atoms. The molecule has 3 unspecified atom stereocenters. The summed E-state index contributed by atoms with van der Waals surface area (Å²) in [6.45, 7) is 1.87. The van der Waals surface area contributed by atoms with E-state index in [1.54, 1.807) is 12.1 Å². The number of hydrogen-bond acceptors (Lipinski definition) is 5. The zero-order chi connectivity index (χ0) is 19.2. The minimum absolute atomic E-state index is 0.00198. The molecule has 0 spiro atoms. The lowest BCUT2D eigenvalue weighted by molar-refractivity contribution is -0.122. The minimum atomic E-state index is -4.09. The third kappa shape index (κ3) is 3.21. The SMILES string of the molecule is Cc1ccc(S(=O)(=O)N(C(=O)C2CC3CCC2O3)c2ccc(O)cc2)cc1. The van der Waals surface area contributed by atoms with E-state index in [9.17, 15) is 18.3 Å². The van der Waals surface area contributed by atoms with Crippen LogP contribution in [0.15, 0.2) is 53.4 Å². The van der Waals surface area contributed by atoms with Crippen molar-refractivity contribution in [2.75, 3.05) is 4.31 Å². The van der Waals surface area contributed by atoms with Crippen molar-refractivity contribution in [2.24, 2.45) is 5.92 Å². The average molecular weight is 387 g/mol. The molecule has 2 aliphatic rings. The Morgan fingerprint density at radius 1 is 1.07 bits per heavy atom. The topological polar surface area (TPSA) is 83.9 Å². The van der Waals surface area contributed by atoms with E-state index < -0.39 is 21.8 Å². The number of rotatable bonds is 4. The quantitative estimate of drug-likeness (QED) is 0.872. The van der Waals surface area contributed by atoms with Gasteiger partial charge in [-0.1, -0.05) is 17.7 Å². The van der Waals surface area contributed by atoms with Crippen molar-refractivity contribution in [3.63, 3.8) is 0 Å². The first kappa shape index (κ1) is 18.0. The van der Waals surface area contributed by atoms with Crippen LogP contribution in [-0.2, 0) is 19.6 Å². The number of phenols is 1. The summed E-state index contributed by atoms with van der Waals surface area (Å²) >= 11 is 0. The first-order chi connectivity index (χ1) is 12.9. The van der Waals surface area contributed by atoms with Crippen LogP contribution in [0.2, 0.25) is 0 Å². The van der Waals surface area contributed by atoms with E-state index in [1.165, 1.54) is 36.4 Å². The number of amides is 1. The van der Waals surface area contributed by atoms with E-state index >= 15 is 0 Å². The molecule has 0 saturated carbocycles. The monoisotopic (exact) mass is 387 g/mol. The summed E-state index contributed by atoms with van der Waals surface area (Å²) in [6, 6.07) is 12.0. The second-order valence-corrected chi connectivity index (χ2v) is 8.94. The largest absolute Gasteiger partial charge is 0.508 e. The number of aryl methyl sites for hydroxylation is 1. The van der Waals surface area contributed by atoms with Crippen LogP contribution in [0.3, 0.4) is 0 Å². The number of carbonyl (C=O) groups is 1. The fraction of sp³-hybridized carbons (Fsp3) is 0.350. The summed E-state index contributed by atoms with van der Waals surface area (Å²) in [5.41, 5.74) is 1.14. The number of nitrogens with zero attached hydrogens (tertiary/aromatic N) is 1. The van der Waals surface area contributed by atoms with Crippen molar-refractivity contribution in [1.29, 1.82) is 0 Å². The smallest absolute Gasteiger partial charge is 0.270 e. The van der Waals surface area contributed by atoms with Gasteiger partial charge in [-0.05, 0) is 62.6 Å². The molecule has 3 atom stereocenters. The molecule has 2 aromatic carbocycles. The number of ether oxygens (including phenoxy) is 1. The van der Waals surface area contributed by atoms with Crippen LogP contribution >= 0.6 is 0 Å². The first-order valence-corrected chi connectivity index (χ1v) is 10.4. The van der Waals surface area contributed by atoms with Crippen LogP contribution < -0.4 is 4.31 Å². The first-order valence-electron chi connectivity index (χ1n) is 8.96. The Morgan fingerprint density at radius 2 is 1.74 bits per heavy atom. The van der Waals surface area contributed by atoms with Crippen LogP contribution in [-0.4, -0.2) is 31.6 Å². The lowest BCUT2D eigenvalue weighted by Crippen LogP contribution is -2.43. The maximum atomic E-state index is 13.3. The highest BCUT2D eigenvalue weighted by Gasteiger charge is 2.48. The van der Waals surface area contributed by atoms with Gasteiger partial charge in [0.05, 0.1) is 28.7 Å². The summed E-state index contributed by atoms with van der Waals surface area (Å²) in [5.74, 6) is -0.951. The molecule has 2 aromatic rings. The average Bonchev–Trinajstić information content (AvgIpc) is 3.27.